The molecule has 1 atom stereocenters. The Balaban J connectivity index is 1.72. The van der Waals surface area contributed by atoms with E-state index in [0.717, 1.165) is 37.4 Å². The summed E-state index contributed by atoms with van der Waals surface area (Å²) in [4.78, 5) is 27.4. The number of likely N-dealkylation sites (N-methyl/N-ethyl adjacent to an activating group) is 1. The largest absolute Gasteiger partial charge is 0.354 e. The van der Waals surface area contributed by atoms with Gasteiger partial charge in [-0.25, -0.2) is 0 Å². The molecule has 28 heavy (non-hydrogen) atoms. The molecule has 2 aromatic carbocycles. The molecule has 2 aromatic rings. The van der Waals surface area contributed by atoms with Crippen LogP contribution in [0.15, 0.2) is 54.6 Å². The second kappa shape index (κ2) is 9.48. The summed E-state index contributed by atoms with van der Waals surface area (Å²) in [5, 5.41) is 5.78. The van der Waals surface area contributed by atoms with E-state index in [0.29, 0.717) is 6.54 Å². The molecule has 1 fully saturated rings. The average Bonchev–Trinajstić information content (AvgIpc) is 2.72. The second-order valence-electron chi connectivity index (χ2n) is 7.46. The van der Waals surface area contributed by atoms with Crippen molar-refractivity contribution in [1.29, 1.82) is 0 Å². The second-order valence-corrected chi connectivity index (χ2v) is 7.46. The molecule has 1 heterocycles. The third-order valence-electron chi connectivity index (χ3n) is 5.41. The lowest BCUT2D eigenvalue weighted by Gasteiger charge is -2.33. The van der Waals surface area contributed by atoms with Gasteiger partial charge in [0.05, 0.1) is 0 Å². The molecule has 0 aromatic heterocycles. The fourth-order valence-corrected chi connectivity index (χ4v) is 3.77. The first-order valence-electron chi connectivity index (χ1n) is 9.88. The van der Waals surface area contributed by atoms with Crippen LogP contribution in [-0.4, -0.2) is 51.6 Å². The predicted molar refractivity (Wildman–Crippen MR) is 109 cm³/mol. The minimum absolute atomic E-state index is 0.0137. The Morgan fingerprint density at radius 2 is 1.61 bits per heavy atom. The van der Waals surface area contributed by atoms with Gasteiger partial charge in [-0.05, 0) is 19.1 Å². The maximum atomic E-state index is 13.2. The minimum Gasteiger partial charge on any atom is -0.354 e. The van der Waals surface area contributed by atoms with Gasteiger partial charge >= 0.3 is 0 Å². The number of rotatable bonds is 6. The quantitative estimate of drug-likeness (QED) is 0.529. The van der Waals surface area contributed by atoms with Crippen LogP contribution in [-0.2, 0) is 9.59 Å². The summed E-state index contributed by atoms with van der Waals surface area (Å²) in [7, 11) is 1.67. The van der Waals surface area contributed by atoms with E-state index in [2.05, 4.69) is 10.6 Å². The number of carbonyl (C=O) groups excluding carboxylic acids is 2. The molecule has 0 bridgehead atoms. The zero-order valence-corrected chi connectivity index (χ0v) is 16.6. The van der Waals surface area contributed by atoms with Crippen molar-refractivity contribution >= 4 is 17.5 Å². The Hall–Kier alpha value is -2.70. The predicted octanol–water partition coefficient (Wildman–Crippen LogP) is -0.796. The lowest BCUT2D eigenvalue weighted by atomic mass is 10.0. The number of carbonyl (C=O) groups is 2. The first-order chi connectivity index (χ1) is 13.6. The molecule has 1 saturated heterocycles. The maximum Gasteiger partial charge on any atom is 0.287 e. The molecule has 2 amide bonds. The van der Waals surface area contributed by atoms with E-state index < -0.39 is 0 Å². The van der Waals surface area contributed by atoms with Gasteiger partial charge in [-0.15, -0.1) is 0 Å². The fraction of sp³-hybridized carbons (Fsp3) is 0.364. The summed E-state index contributed by atoms with van der Waals surface area (Å²) in [6.07, 6.45) is 0. The molecule has 0 saturated carbocycles. The normalized spacial score (nSPS) is 20.2. The van der Waals surface area contributed by atoms with E-state index in [4.69, 9.17) is 0 Å². The molecule has 6 nitrogen and oxygen atoms in total. The number of anilines is 1. The van der Waals surface area contributed by atoms with Crippen LogP contribution < -0.4 is 20.4 Å². The molecular formula is C22H30N4O2+2. The van der Waals surface area contributed by atoms with Gasteiger partial charge in [0.25, 0.3) is 11.8 Å². The smallest absolute Gasteiger partial charge is 0.287 e. The fourth-order valence-electron chi connectivity index (χ4n) is 3.77. The first-order valence-corrected chi connectivity index (χ1v) is 9.88. The molecule has 6 heteroatoms. The summed E-state index contributed by atoms with van der Waals surface area (Å²) in [6, 6.07) is 17.6. The standard InChI is InChI=1S/C22H28N4O2/c1-17-8-10-19(11-9-17)24-22(28)21(18-6-4-3-5-7-18)26-14-12-25(13-15-26)16-20(27)23-2/h3-11,21H,12-16H2,1-2H3,(H,23,27)(H,24,28)/p+2/t21-/m1/s1. The highest BCUT2D eigenvalue weighted by atomic mass is 16.2. The number of piperazine rings is 1. The number of amides is 2. The van der Waals surface area contributed by atoms with Gasteiger partial charge in [-0.1, -0.05) is 48.0 Å². The van der Waals surface area contributed by atoms with Crippen LogP contribution in [0.3, 0.4) is 0 Å². The van der Waals surface area contributed by atoms with Crippen molar-refractivity contribution in [2.75, 3.05) is 45.1 Å². The summed E-state index contributed by atoms with van der Waals surface area (Å²) in [5.41, 5.74) is 3.01. The van der Waals surface area contributed by atoms with E-state index in [1.807, 2.05) is 61.5 Å². The molecule has 148 valence electrons. The first kappa shape index (κ1) is 20.0. The molecule has 3 rings (SSSR count). The summed E-state index contributed by atoms with van der Waals surface area (Å²) in [6.45, 7) is 5.99. The Bertz CT molecular complexity index is 784. The van der Waals surface area contributed by atoms with Crippen LogP contribution in [0.2, 0.25) is 0 Å². The number of hydrogen-bond donors (Lipinski definition) is 4. The highest BCUT2D eigenvalue weighted by Crippen LogP contribution is 2.14. The third-order valence-corrected chi connectivity index (χ3v) is 5.41. The highest BCUT2D eigenvalue weighted by molar-refractivity contribution is 5.94. The van der Waals surface area contributed by atoms with Gasteiger partial charge in [0.1, 0.15) is 26.2 Å². The Morgan fingerprint density at radius 3 is 2.21 bits per heavy atom. The van der Waals surface area contributed by atoms with Gasteiger partial charge in [0.15, 0.2) is 12.6 Å². The van der Waals surface area contributed by atoms with Crippen LogP contribution >= 0.6 is 0 Å². The van der Waals surface area contributed by atoms with Crippen molar-refractivity contribution in [3.8, 4) is 0 Å². The molecule has 0 radical (unpaired) electrons. The number of quaternary nitrogens is 2. The Morgan fingerprint density at radius 1 is 0.964 bits per heavy atom. The monoisotopic (exact) mass is 382 g/mol. The van der Waals surface area contributed by atoms with E-state index >= 15 is 0 Å². The maximum absolute atomic E-state index is 13.2. The number of aryl methyl sites for hydroxylation is 1. The van der Waals surface area contributed by atoms with Gasteiger partial charge < -0.3 is 20.4 Å². The van der Waals surface area contributed by atoms with Crippen LogP contribution in [0.5, 0.6) is 0 Å². The molecule has 0 aliphatic carbocycles. The highest BCUT2D eigenvalue weighted by Gasteiger charge is 2.36. The van der Waals surface area contributed by atoms with Gasteiger partial charge in [0.2, 0.25) is 0 Å². The van der Waals surface area contributed by atoms with Crippen molar-refractivity contribution in [3.63, 3.8) is 0 Å². The SMILES string of the molecule is CNC(=O)C[NH+]1CC[NH+]([C@@H](C(=O)Nc2ccc(C)cc2)c2ccccc2)CC1. The minimum atomic E-state index is -0.260. The molecular weight excluding hydrogens is 352 g/mol. The van der Waals surface area contributed by atoms with Crippen LogP contribution in [0.25, 0.3) is 0 Å². The third kappa shape index (κ3) is 5.18. The van der Waals surface area contributed by atoms with Gasteiger partial charge in [-0.3, -0.25) is 9.59 Å². The Labute approximate surface area is 166 Å². The zero-order valence-electron chi connectivity index (χ0n) is 16.6. The molecule has 0 spiro atoms. The number of hydrogen-bond acceptors (Lipinski definition) is 2. The number of benzene rings is 2. The molecule has 1 aliphatic heterocycles. The zero-order chi connectivity index (χ0) is 19.9. The van der Waals surface area contributed by atoms with Crippen molar-refractivity contribution in [1.82, 2.24) is 5.32 Å². The molecule has 4 N–H and O–H groups in total. The molecule has 0 unspecified atom stereocenters. The number of nitrogens with one attached hydrogen (secondary N) is 4. The van der Waals surface area contributed by atoms with E-state index in [9.17, 15) is 9.59 Å². The van der Waals surface area contributed by atoms with Crippen molar-refractivity contribution < 1.29 is 19.4 Å². The van der Waals surface area contributed by atoms with Crippen LogP contribution in [0.1, 0.15) is 17.2 Å². The lowest BCUT2D eigenvalue weighted by Crippen LogP contribution is -3.28. The Kier molecular flexibility index (Phi) is 6.79. The summed E-state index contributed by atoms with van der Waals surface area (Å²) < 4.78 is 0. The van der Waals surface area contributed by atoms with Gasteiger partial charge in [0, 0.05) is 18.3 Å². The van der Waals surface area contributed by atoms with Gasteiger partial charge in [-0.2, -0.15) is 0 Å². The summed E-state index contributed by atoms with van der Waals surface area (Å²) >= 11 is 0. The molecule has 1 aliphatic rings. The van der Waals surface area contributed by atoms with E-state index in [-0.39, 0.29) is 17.9 Å². The van der Waals surface area contributed by atoms with Crippen molar-refractivity contribution in [2.45, 2.75) is 13.0 Å². The van der Waals surface area contributed by atoms with Crippen molar-refractivity contribution in [3.05, 3.63) is 65.7 Å². The average molecular weight is 383 g/mol. The topological polar surface area (TPSA) is 67.1 Å². The van der Waals surface area contributed by atoms with Crippen LogP contribution in [0, 0.1) is 6.92 Å². The summed E-state index contributed by atoms with van der Waals surface area (Å²) in [5.74, 6) is 0.0787. The van der Waals surface area contributed by atoms with E-state index in [1.54, 1.807) is 7.05 Å². The van der Waals surface area contributed by atoms with E-state index in [1.165, 1.54) is 15.4 Å². The lowest BCUT2D eigenvalue weighted by molar-refractivity contribution is -1.02. The van der Waals surface area contributed by atoms with Crippen LogP contribution in [0.4, 0.5) is 5.69 Å². The van der Waals surface area contributed by atoms with Crippen molar-refractivity contribution in [2.24, 2.45) is 0 Å².